The van der Waals surface area contributed by atoms with Crippen molar-refractivity contribution in [3.8, 4) is 5.75 Å². The molecule has 2 aromatic carbocycles. The highest BCUT2D eigenvalue weighted by Crippen LogP contribution is 2.22. The maximum Gasteiger partial charge on any atom is 0.242 e. The summed E-state index contributed by atoms with van der Waals surface area (Å²) >= 11 is 0. The average Bonchev–Trinajstić information content (AvgIpc) is 2.58. The number of para-hydroxylation sites is 1. The summed E-state index contributed by atoms with van der Waals surface area (Å²) in [5.74, 6) is 0.505. The number of rotatable bonds is 7. The predicted octanol–water partition coefficient (Wildman–Crippen LogP) is 2.96. The van der Waals surface area contributed by atoms with E-state index in [-0.39, 0.29) is 23.8 Å². The number of nitrogens with zero attached hydrogens (tertiary/aromatic N) is 1. The van der Waals surface area contributed by atoms with Crippen LogP contribution < -0.4 is 10.1 Å². The molecule has 1 N–H and O–H groups in total. The summed E-state index contributed by atoms with van der Waals surface area (Å²) in [7, 11) is -0.616. The van der Waals surface area contributed by atoms with Gasteiger partial charge in [0.2, 0.25) is 15.9 Å². The number of amides is 1. The maximum atomic E-state index is 12.3. The third-order valence-corrected chi connectivity index (χ3v) is 5.87. The summed E-state index contributed by atoms with van der Waals surface area (Å²) in [6, 6.07) is 12.4. The molecule has 2 rings (SSSR count). The van der Waals surface area contributed by atoms with Gasteiger partial charge in [-0.2, -0.15) is 0 Å². The van der Waals surface area contributed by atoms with Gasteiger partial charge in [-0.1, -0.05) is 24.3 Å². The van der Waals surface area contributed by atoms with Crippen LogP contribution >= 0.6 is 0 Å². The van der Waals surface area contributed by atoms with E-state index in [1.807, 2.05) is 31.2 Å². The molecule has 0 saturated heterocycles. The van der Waals surface area contributed by atoms with Crippen LogP contribution in [0.1, 0.15) is 17.5 Å². The Balaban J connectivity index is 2.00. The molecular weight excluding hydrogens is 352 g/mol. The topological polar surface area (TPSA) is 75.7 Å². The molecule has 2 aromatic rings. The Hall–Kier alpha value is -2.38. The largest absolute Gasteiger partial charge is 0.493 e. The monoisotopic (exact) mass is 376 g/mol. The van der Waals surface area contributed by atoms with Crippen LogP contribution in [-0.2, 0) is 14.8 Å². The molecule has 0 fully saturated rings. The second-order valence-corrected chi connectivity index (χ2v) is 8.30. The molecule has 7 heteroatoms. The molecule has 0 aliphatic rings. The van der Waals surface area contributed by atoms with Crippen LogP contribution in [-0.4, -0.2) is 39.3 Å². The third-order valence-electron chi connectivity index (χ3n) is 3.91. The van der Waals surface area contributed by atoms with Crippen LogP contribution in [0.2, 0.25) is 0 Å². The van der Waals surface area contributed by atoms with E-state index in [9.17, 15) is 13.2 Å². The highest BCUT2D eigenvalue weighted by molar-refractivity contribution is 7.89. The Labute approximate surface area is 154 Å². The lowest BCUT2D eigenvalue weighted by atomic mass is 10.2. The van der Waals surface area contributed by atoms with Gasteiger partial charge in [-0.25, -0.2) is 12.7 Å². The van der Waals surface area contributed by atoms with Gasteiger partial charge in [-0.15, -0.1) is 0 Å². The summed E-state index contributed by atoms with van der Waals surface area (Å²) < 4.78 is 31.4. The van der Waals surface area contributed by atoms with Gasteiger partial charge in [-0.3, -0.25) is 4.79 Å². The second kappa shape index (κ2) is 8.33. The summed E-state index contributed by atoms with van der Waals surface area (Å²) in [4.78, 5) is 12.3. The van der Waals surface area contributed by atoms with Crippen molar-refractivity contribution in [2.24, 2.45) is 0 Å². The van der Waals surface area contributed by atoms with Crippen molar-refractivity contribution in [3.63, 3.8) is 0 Å². The first-order chi connectivity index (χ1) is 12.2. The lowest BCUT2D eigenvalue weighted by Crippen LogP contribution is -2.23. The first-order valence-electron chi connectivity index (χ1n) is 8.23. The number of benzene rings is 2. The summed E-state index contributed by atoms with van der Waals surface area (Å²) in [5, 5.41) is 2.72. The molecule has 26 heavy (non-hydrogen) atoms. The van der Waals surface area contributed by atoms with E-state index in [2.05, 4.69) is 5.32 Å². The molecule has 0 aliphatic carbocycles. The quantitative estimate of drug-likeness (QED) is 0.806. The molecule has 140 valence electrons. The Morgan fingerprint density at radius 3 is 2.42 bits per heavy atom. The van der Waals surface area contributed by atoms with E-state index in [1.165, 1.54) is 20.2 Å². The van der Waals surface area contributed by atoms with Gasteiger partial charge in [0.25, 0.3) is 0 Å². The molecule has 0 spiro atoms. The maximum absolute atomic E-state index is 12.3. The average molecular weight is 376 g/mol. The fourth-order valence-electron chi connectivity index (χ4n) is 2.35. The number of carbonyl (C=O) groups is 1. The summed E-state index contributed by atoms with van der Waals surface area (Å²) in [5.41, 5.74) is 2.07. The predicted molar refractivity (Wildman–Crippen MR) is 102 cm³/mol. The highest BCUT2D eigenvalue weighted by atomic mass is 32.2. The number of hydrogen-bond donors (Lipinski definition) is 1. The fourth-order valence-corrected chi connectivity index (χ4v) is 3.49. The second-order valence-electron chi connectivity index (χ2n) is 6.18. The minimum atomic E-state index is -3.57. The lowest BCUT2D eigenvalue weighted by molar-refractivity contribution is -0.116. The van der Waals surface area contributed by atoms with Crippen molar-refractivity contribution in [3.05, 3.63) is 53.6 Å². The third kappa shape index (κ3) is 4.83. The van der Waals surface area contributed by atoms with Crippen molar-refractivity contribution >= 4 is 21.6 Å². The number of aryl methyl sites for hydroxylation is 2. The minimum absolute atomic E-state index is 0.165. The zero-order chi connectivity index (χ0) is 19.3. The van der Waals surface area contributed by atoms with Gasteiger partial charge in [0.15, 0.2) is 0 Å². The minimum Gasteiger partial charge on any atom is -0.493 e. The molecule has 0 atom stereocenters. The van der Waals surface area contributed by atoms with Crippen LogP contribution in [0.25, 0.3) is 0 Å². The summed E-state index contributed by atoms with van der Waals surface area (Å²) in [6.45, 7) is 3.90. The van der Waals surface area contributed by atoms with E-state index in [4.69, 9.17) is 4.74 Å². The lowest BCUT2D eigenvalue weighted by Gasteiger charge is -2.15. The van der Waals surface area contributed by atoms with Crippen LogP contribution in [0.4, 0.5) is 5.69 Å². The van der Waals surface area contributed by atoms with E-state index in [0.29, 0.717) is 11.3 Å². The van der Waals surface area contributed by atoms with Crippen molar-refractivity contribution < 1.29 is 17.9 Å². The molecule has 0 bridgehead atoms. The van der Waals surface area contributed by atoms with E-state index in [1.54, 1.807) is 19.1 Å². The molecule has 0 heterocycles. The van der Waals surface area contributed by atoms with Crippen LogP contribution in [0.5, 0.6) is 5.75 Å². The van der Waals surface area contributed by atoms with Gasteiger partial charge in [0, 0.05) is 19.8 Å². The first-order valence-corrected chi connectivity index (χ1v) is 9.67. The van der Waals surface area contributed by atoms with Gasteiger partial charge in [0.05, 0.1) is 17.9 Å². The molecule has 0 aromatic heterocycles. The van der Waals surface area contributed by atoms with Crippen molar-refractivity contribution in [1.29, 1.82) is 0 Å². The van der Waals surface area contributed by atoms with Gasteiger partial charge >= 0.3 is 0 Å². The summed E-state index contributed by atoms with van der Waals surface area (Å²) in [6.07, 6.45) is 0.165. The first kappa shape index (κ1) is 19.9. The van der Waals surface area contributed by atoms with E-state index in [0.717, 1.165) is 15.6 Å². The Morgan fingerprint density at radius 2 is 1.77 bits per heavy atom. The van der Waals surface area contributed by atoms with Crippen LogP contribution in [0, 0.1) is 13.8 Å². The van der Waals surface area contributed by atoms with Crippen molar-refractivity contribution in [1.82, 2.24) is 4.31 Å². The SMILES string of the molecule is Cc1ccccc1OCCC(=O)Nc1ccc(C)c(S(=O)(=O)N(C)C)c1. The van der Waals surface area contributed by atoms with Gasteiger partial charge in [-0.05, 0) is 43.2 Å². The fraction of sp³-hybridized carbons (Fsp3) is 0.316. The molecule has 6 nitrogen and oxygen atoms in total. The van der Waals surface area contributed by atoms with E-state index < -0.39 is 10.0 Å². The number of ether oxygens (including phenoxy) is 1. The standard InChI is InChI=1S/C19H24N2O4S/c1-14-7-5-6-8-17(14)25-12-11-19(22)20-16-10-9-15(2)18(13-16)26(23,24)21(3)4/h5-10,13H,11-12H2,1-4H3,(H,20,22). The number of nitrogens with one attached hydrogen (secondary N) is 1. The van der Waals surface area contributed by atoms with Crippen molar-refractivity contribution in [2.45, 2.75) is 25.2 Å². The van der Waals surface area contributed by atoms with Crippen LogP contribution in [0.3, 0.4) is 0 Å². The van der Waals surface area contributed by atoms with E-state index >= 15 is 0 Å². The molecule has 0 unspecified atom stereocenters. The normalized spacial score (nSPS) is 11.4. The Morgan fingerprint density at radius 1 is 1.08 bits per heavy atom. The number of sulfonamides is 1. The number of carbonyl (C=O) groups excluding carboxylic acids is 1. The zero-order valence-electron chi connectivity index (χ0n) is 15.4. The molecular formula is C19H24N2O4S. The highest BCUT2D eigenvalue weighted by Gasteiger charge is 2.20. The Bertz CT molecular complexity index is 892. The smallest absolute Gasteiger partial charge is 0.242 e. The Kier molecular flexibility index (Phi) is 6.39. The molecule has 1 amide bonds. The van der Waals surface area contributed by atoms with Crippen molar-refractivity contribution in [2.75, 3.05) is 26.0 Å². The number of anilines is 1. The molecule has 0 aliphatic heterocycles. The van der Waals surface area contributed by atoms with Gasteiger partial charge in [0.1, 0.15) is 5.75 Å². The zero-order valence-corrected chi connectivity index (χ0v) is 16.3. The molecule has 0 saturated carbocycles. The van der Waals surface area contributed by atoms with Gasteiger partial charge < -0.3 is 10.1 Å². The number of hydrogen-bond acceptors (Lipinski definition) is 4. The molecule has 0 radical (unpaired) electrons. The van der Waals surface area contributed by atoms with Crippen LogP contribution in [0.15, 0.2) is 47.4 Å².